The minimum Gasteiger partial charge on any atom is -0.334 e. The monoisotopic (exact) mass is 462 g/mol. The van der Waals surface area contributed by atoms with Crippen molar-refractivity contribution in [2.45, 2.75) is 65.2 Å². The lowest BCUT2D eigenvalue weighted by Gasteiger charge is -2.33. The Labute approximate surface area is 203 Å². The van der Waals surface area contributed by atoms with Crippen molar-refractivity contribution < 1.29 is 4.79 Å². The molecule has 0 saturated carbocycles. The second-order valence-electron chi connectivity index (χ2n) is 9.17. The van der Waals surface area contributed by atoms with Gasteiger partial charge < -0.3 is 10.2 Å². The molecular formula is C29H35ClN2O. The second-order valence-corrected chi connectivity index (χ2v) is 9.61. The lowest BCUT2D eigenvalue weighted by Crippen LogP contribution is -2.42. The summed E-state index contributed by atoms with van der Waals surface area (Å²) in [5.74, 6) is 0.150. The van der Waals surface area contributed by atoms with Crippen LogP contribution in [0.5, 0.6) is 0 Å². The zero-order chi connectivity index (χ0) is 24.0. The number of carbonyl (C=O) groups excluding carboxylic acids is 1. The lowest BCUT2D eigenvalue weighted by molar-refractivity contribution is 0.0642. The Morgan fingerprint density at radius 1 is 0.818 bits per heavy atom. The van der Waals surface area contributed by atoms with E-state index in [1.807, 2.05) is 41.3 Å². The molecule has 1 amide bonds. The summed E-state index contributed by atoms with van der Waals surface area (Å²) in [5.41, 5.74) is 4.19. The summed E-state index contributed by atoms with van der Waals surface area (Å²) in [6.07, 6.45) is 0. The van der Waals surface area contributed by atoms with Crippen molar-refractivity contribution in [2.75, 3.05) is 0 Å². The highest BCUT2D eigenvalue weighted by Gasteiger charge is 2.28. The first-order valence-corrected chi connectivity index (χ1v) is 12.1. The molecule has 0 heterocycles. The largest absolute Gasteiger partial charge is 0.334 e. The summed E-state index contributed by atoms with van der Waals surface area (Å²) in [4.78, 5) is 15.6. The van der Waals surface area contributed by atoms with Crippen LogP contribution in [0.2, 0.25) is 5.02 Å². The van der Waals surface area contributed by atoms with Gasteiger partial charge in [0, 0.05) is 41.2 Å². The van der Waals surface area contributed by atoms with E-state index in [9.17, 15) is 4.79 Å². The molecule has 3 aromatic rings. The van der Waals surface area contributed by atoms with Gasteiger partial charge in [0.2, 0.25) is 0 Å². The number of nitrogens with zero attached hydrogens (tertiary/aromatic N) is 1. The molecule has 1 N–H and O–H groups in total. The second kappa shape index (κ2) is 11.5. The molecule has 174 valence electrons. The van der Waals surface area contributed by atoms with E-state index < -0.39 is 0 Å². The zero-order valence-electron chi connectivity index (χ0n) is 20.3. The number of hydrogen-bond acceptors (Lipinski definition) is 2. The zero-order valence-corrected chi connectivity index (χ0v) is 21.0. The summed E-state index contributed by atoms with van der Waals surface area (Å²) >= 11 is 6.18. The highest BCUT2D eigenvalue weighted by molar-refractivity contribution is 6.30. The van der Waals surface area contributed by atoms with E-state index in [0.717, 1.165) is 23.2 Å². The number of amides is 1. The third-order valence-electron chi connectivity index (χ3n) is 6.13. The van der Waals surface area contributed by atoms with Crippen molar-refractivity contribution >= 4 is 17.5 Å². The Balaban J connectivity index is 1.98. The molecule has 0 radical (unpaired) electrons. The molecule has 0 unspecified atom stereocenters. The number of halogens is 1. The van der Waals surface area contributed by atoms with Gasteiger partial charge in [0.05, 0.1) is 0 Å². The fourth-order valence-corrected chi connectivity index (χ4v) is 4.68. The number of nitrogens with one attached hydrogen (secondary N) is 1. The van der Waals surface area contributed by atoms with E-state index in [-0.39, 0.29) is 30.0 Å². The number of carbonyl (C=O) groups is 1. The Morgan fingerprint density at radius 2 is 1.39 bits per heavy atom. The average molecular weight is 463 g/mol. The van der Waals surface area contributed by atoms with Crippen molar-refractivity contribution in [1.82, 2.24) is 10.2 Å². The molecule has 3 aromatic carbocycles. The number of hydrogen-bond donors (Lipinski definition) is 1. The van der Waals surface area contributed by atoms with Gasteiger partial charge in [-0.05, 0) is 62.6 Å². The minimum absolute atomic E-state index is 0.0166. The predicted octanol–water partition coefficient (Wildman–Crippen LogP) is 7.23. The Hall–Kier alpha value is -2.62. The molecule has 0 aromatic heterocycles. The summed E-state index contributed by atoms with van der Waals surface area (Å²) in [6, 6.07) is 26.7. The van der Waals surface area contributed by atoms with Crippen molar-refractivity contribution in [1.29, 1.82) is 0 Å². The number of rotatable bonds is 9. The van der Waals surface area contributed by atoms with Gasteiger partial charge in [-0.3, -0.25) is 4.79 Å². The van der Waals surface area contributed by atoms with Crippen LogP contribution in [0, 0.1) is 0 Å². The molecule has 0 saturated heterocycles. The first-order chi connectivity index (χ1) is 15.8. The predicted molar refractivity (Wildman–Crippen MR) is 139 cm³/mol. The first kappa shape index (κ1) is 25.0. The molecule has 0 fully saturated rings. The van der Waals surface area contributed by atoms with Crippen molar-refractivity contribution in [3.05, 3.63) is 106 Å². The van der Waals surface area contributed by atoms with Crippen LogP contribution in [-0.2, 0) is 6.54 Å². The van der Waals surface area contributed by atoms with E-state index >= 15 is 0 Å². The molecular weight excluding hydrogens is 428 g/mol. The molecule has 3 rings (SSSR count). The van der Waals surface area contributed by atoms with Gasteiger partial charge >= 0.3 is 0 Å². The van der Waals surface area contributed by atoms with Crippen LogP contribution in [0.3, 0.4) is 0 Å². The van der Waals surface area contributed by atoms with Crippen LogP contribution in [0.4, 0.5) is 0 Å². The van der Waals surface area contributed by atoms with Gasteiger partial charge in [-0.1, -0.05) is 79.2 Å². The fourth-order valence-electron chi connectivity index (χ4n) is 4.55. The fraction of sp³-hybridized carbons (Fsp3) is 0.345. The summed E-state index contributed by atoms with van der Waals surface area (Å²) in [6.45, 7) is 11.2. The smallest absolute Gasteiger partial charge is 0.254 e. The van der Waals surface area contributed by atoms with Gasteiger partial charge in [-0.2, -0.15) is 0 Å². The van der Waals surface area contributed by atoms with E-state index in [1.165, 1.54) is 5.56 Å². The molecule has 0 spiro atoms. The van der Waals surface area contributed by atoms with Crippen molar-refractivity contribution in [2.24, 2.45) is 0 Å². The maximum atomic E-state index is 13.6. The van der Waals surface area contributed by atoms with Crippen LogP contribution >= 0.6 is 11.6 Å². The van der Waals surface area contributed by atoms with Gasteiger partial charge in [0.25, 0.3) is 5.91 Å². The van der Waals surface area contributed by atoms with Crippen molar-refractivity contribution in [3.63, 3.8) is 0 Å². The summed E-state index contributed by atoms with van der Waals surface area (Å²) in [5, 5.41) is 4.46. The van der Waals surface area contributed by atoms with Crippen molar-refractivity contribution in [3.8, 4) is 0 Å². The SMILES string of the molecule is CC(C)N(C(=O)c1ccccc1[C@@H](C)[C@@H](NCc1ccccc1)c1ccc(Cl)cc1)C(C)C. The third-order valence-corrected chi connectivity index (χ3v) is 6.38. The van der Waals surface area contributed by atoms with Gasteiger partial charge in [-0.25, -0.2) is 0 Å². The molecule has 33 heavy (non-hydrogen) atoms. The topological polar surface area (TPSA) is 32.3 Å². The standard InChI is InChI=1S/C29H35ClN2O/c1-20(2)32(21(3)4)29(33)27-14-10-9-13-26(27)22(5)28(24-15-17-25(30)18-16-24)31-19-23-11-7-6-8-12-23/h6-18,20-22,28,31H,19H2,1-5H3/t22-,28-/m1/s1. The molecule has 0 aliphatic rings. The quantitative estimate of drug-likeness (QED) is 0.363. The molecule has 0 aliphatic heterocycles. The van der Waals surface area contributed by atoms with E-state index in [0.29, 0.717) is 5.02 Å². The van der Waals surface area contributed by atoms with Crippen LogP contribution < -0.4 is 5.32 Å². The van der Waals surface area contributed by atoms with E-state index in [1.54, 1.807) is 0 Å². The molecule has 0 aliphatic carbocycles. The van der Waals surface area contributed by atoms with Crippen LogP contribution in [0.25, 0.3) is 0 Å². The molecule has 2 atom stereocenters. The Morgan fingerprint density at radius 3 is 2.00 bits per heavy atom. The summed E-state index contributed by atoms with van der Waals surface area (Å²) < 4.78 is 0. The normalized spacial score (nSPS) is 13.2. The third kappa shape index (κ3) is 6.25. The van der Waals surface area contributed by atoms with Crippen LogP contribution in [0.1, 0.15) is 73.6 Å². The Kier molecular flexibility index (Phi) is 8.71. The van der Waals surface area contributed by atoms with E-state index in [4.69, 9.17) is 11.6 Å². The van der Waals surface area contributed by atoms with Gasteiger partial charge in [-0.15, -0.1) is 0 Å². The summed E-state index contributed by atoms with van der Waals surface area (Å²) in [7, 11) is 0. The van der Waals surface area contributed by atoms with E-state index in [2.05, 4.69) is 82.4 Å². The molecule has 4 heteroatoms. The van der Waals surface area contributed by atoms with Crippen LogP contribution in [0.15, 0.2) is 78.9 Å². The van der Waals surface area contributed by atoms with Gasteiger partial charge in [0.1, 0.15) is 0 Å². The number of benzene rings is 3. The Bertz CT molecular complexity index is 1020. The van der Waals surface area contributed by atoms with Gasteiger partial charge in [0.15, 0.2) is 0 Å². The molecule has 0 bridgehead atoms. The molecule has 3 nitrogen and oxygen atoms in total. The first-order valence-electron chi connectivity index (χ1n) is 11.7. The highest BCUT2D eigenvalue weighted by Crippen LogP contribution is 2.34. The maximum absolute atomic E-state index is 13.6. The maximum Gasteiger partial charge on any atom is 0.254 e. The van der Waals surface area contributed by atoms with Crippen LogP contribution in [-0.4, -0.2) is 22.9 Å². The lowest BCUT2D eigenvalue weighted by atomic mass is 9.85. The average Bonchev–Trinajstić information content (AvgIpc) is 2.80. The minimum atomic E-state index is 0.0166. The highest BCUT2D eigenvalue weighted by atomic mass is 35.5.